The van der Waals surface area contributed by atoms with Gasteiger partial charge in [-0.05, 0) is 31.2 Å². The third-order valence-electron chi connectivity index (χ3n) is 6.20. The van der Waals surface area contributed by atoms with Crippen LogP contribution in [-0.4, -0.2) is 27.3 Å². The minimum Gasteiger partial charge on any atom is -0.384 e. The number of rotatable bonds is 6. The predicted molar refractivity (Wildman–Crippen MR) is 121 cm³/mol. The summed E-state index contributed by atoms with van der Waals surface area (Å²) >= 11 is 6.49. The van der Waals surface area contributed by atoms with E-state index in [9.17, 15) is 9.59 Å². The van der Waals surface area contributed by atoms with Crippen molar-refractivity contribution in [3.8, 4) is 0 Å². The summed E-state index contributed by atoms with van der Waals surface area (Å²) in [7, 11) is 0. The van der Waals surface area contributed by atoms with E-state index in [4.69, 9.17) is 22.7 Å². The van der Waals surface area contributed by atoms with Crippen molar-refractivity contribution in [2.75, 3.05) is 5.32 Å². The molecular formula is C22H27ClN6O2. The molecule has 31 heavy (non-hydrogen) atoms. The van der Waals surface area contributed by atoms with Crippen LogP contribution in [0.15, 0.2) is 29.1 Å². The molecule has 164 valence electrons. The molecule has 0 radical (unpaired) electrons. The standard InChI is InChI=1S/C22H27ClN6O2/c1-22(2)10-15(20(30)26-11-12-6-8-13(9-7-12)18(24)25)29-16(22)17(23)28-19(21(29)31)27-14-4-3-5-14/h6-9,14-15H,3-5,10-11H2,1-2H3,(H3,24,25)(H,26,30)(H,27,28). The molecule has 1 aromatic carbocycles. The number of nitrogen functional groups attached to an aromatic ring is 1. The van der Waals surface area contributed by atoms with Crippen LogP contribution in [0.5, 0.6) is 0 Å². The van der Waals surface area contributed by atoms with E-state index >= 15 is 0 Å². The average molecular weight is 443 g/mol. The number of hydrogen-bond donors (Lipinski definition) is 4. The van der Waals surface area contributed by atoms with Gasteiger partial charge in [-0.3, -0.25) is 19.6 Å². The van der Waals surface area contributed by atoms with Crippen molar-refractivity contribution >= 4 is 29.2 Å². The van der Waals surface area contributed by atoms with Gasteiger partial charge in [0.1, 0.15) is 11.9 Å². The molecule has 0 spiro atoms. The monoisotopic (exact) mass is 442 g/mol. The second kappa shape index (κ2) is 8.00. The van der Waals surface area contributed by atoms with Crippen molar-refractivity contribution in [2.45, 2.75) is 63.6 Å². The van der Waals surface area contributed by atoms with Crippen molar-refractivity contribution in [1.29, 1.82) is 5.41 Å². The summed E-state index contributed by atoms with van der Waals surface area (Å²) in [4.78, 5) is 30.7. The lowest BCUT2D eigenvalue weighted by molar-refractivity contribution is -0.124. The summed E-state index contributed by atoms with van der Waals surface area (Å²) in [6, 6.07) is 6.69. The predicted octanol–water partition coefficient (Wildman–Crippen LogP) is 2.68. The third-order valence-corrected chi connectivity index (χ3v) is 6.47. The van der Waals surface area contributed by atoms with E-state index in [1.807, 2.05) is 26.0 Å². The molecule has 1 fully saturated rings. The molecule has 5 N–H and O–H groups in total. The highest BCUT2D eigenvalue weighted by Crippen LogP contribution is 2.43. The molecule has 0 bridgehead atoms. The van der Waals surface area contributed by atoms with Crippen LogP contribution in [0.2, 0.25) is 5.15 Å². The fourth-order valence-electron chi connectivity index (χ4n) is 4.25. The summed E-state index contributed by atoms with van der Waals surface area (Å²) in [6.45, 7) is 4.25. The maximum Gasteiger partial charge on any atom is 0.294 e. The maximum absolute atomic E-state index is 13.2. The maximum atomic E-state index is 13.2. The molecule has 1 atom stereocenters. The molecule has 9 heteroatoms. The van der Waals surface area contributed by atoms with E-state index < -0.39 is 11.5 Å². The van der Waals surface area contributed by atoms with Gasteiger partial charge in [-0.15, -0.1) is 0 Å². The number of aromatic nitrogens is 2. The molecule has 1 aliphatic heterocycles. The Balaban J connectivity index is 1.57. The smallest absolute Gasteiger partial charge is 0.294 e. The lowest BCUT2D eigenvalue weighted by atomic mass is 9.87. The van der Waals surface area contributed by atoms with Gasteiger partial charge in [0.15, 0.2) is 11.0 Å². The highest BCUT2D eigenvalue weighted by Gasteiger charge is 2.44. The number of carbonyl (C=O) groups is 1. The van der Waals surface area contributed by atoms with Crippen LogP contribution < -0.4 is 21.9 Å². The minimum atomic E-state index is -0.656. The zero-order valence-corrected chi connectivity index (χ0v) is 18.4. The van der Waals surface area contributed by atoms with Gasteiger partial charge >= 0.3 is 0 Å². The van der Waals surface area contributed by atoms with Gasteiger partial charge in [0.25, 0.3) is 5.56 Å². The van der Waals surface area contributed by atoms with Gasteiger partial charge in [-0.1, -0.05) is 49.7 Å². The Bertz CT molecular complexity index is 1090. The van der Waals surface area contributed by atoms with Crippen molar-refractivity contribution < 1.29 is 4.79 Å². The van der Waals surface area contributed by atoms with Gasteiger partial charge in [0.2, 0.25) is 5.91 Å². The van der Waals surface area contributed by atoms with Crippen molar-refractivity contribution in [3.05, 3.63) is 56.6 Å². The van der Waals surface area contributed by atoms with Crippen LogP contribution in [0.25, 0.3) is 0 Å². The highest BCUT2D eigenvalue weighted by molar-refractivity contribution is 6.30. The van der Waals surface area contributed by atoms with E-state index in [2.05, 4.69) is 15.6 Å². The first-order valence-corrected chi connectivity index (χ1v) is 10.9. The number of anilines is 1. The molecule has 4 rings (SSSR count). The Morgan fingerprint density at radius 1 is 1.32 bits per heavy atom. The fourth-order valence-corrected chi connectivity index (χ4v) is 4.68. The fraction of sp³-hybridized carbons (Fsp3) is 0.455. The van der Waals surface area contributed by atoms with Crippen LogP contribution in [0, 0.1) is 5.41 Å². The summed E-state index contributed by atoms with van der Waals surface area (Å²) in [6.07, 6.45) is 3.59. The largest absolute Gasteiger partial charge is 0.384 e. The van der Waals surface area contributed by atoms with Crippen molar-refractivity contribution in [2.24, 2.45) is 5.73 Å². The summed E-state index contributed by atoms with van der Waals surface area (Å²) in [5.74, 6) is -0.0215. The first kappa shape index (κ1) is 21.4. The lowest BCUT2D eigenvalue weighted by Crippen LogP contribution is -2.38. The number of fused-ring (bicyclic) bond motifs is 1. The molecular weight excluding hydrogens is 416 g/mol. The zero-order valence-electron chi connectivity index (χ0n) is 17.7. The summed E-state index contributed by atoms with van der Waals surface area (Å²) < 4.78 is 1.52. The number of benzene rings is 1. The van der Waals surface area contributed by atoms with Crippen LogP contribution in [0.1, 0.15) is 62.4 Å². The number of amidine groups is 1. The summed E-state index contributed by atoms with van der Waals surface area (Å²) in [5, 5.41) is 13.8. The molecule has 8 nitrogen and oxygen atoms in total. The normalized spacial score (nSPS) is 19.4. The molecule has 1 saturated carbocycles. The minimum absolute atomic E-state index is 0.00319. The Morgan fingerprint density at radius 3 is 2.58 bits per heavy atom. The van der Waals surface area contributed by atoms with E-state index in [1.54, 1.807) is 12.1 Å². The summed E-state index contributed by atoms with van der Waals surface area (Å²) in [5.41, 5.74) is 6.83. The van der Waals surface area contributed by atoms with E-state index in [0.29, 0.717) is 24.2 Å². The van der Waals surface area contributed by atoms with E-state index in [-0.39, 0.29) is 34.3 Å². The molecule has 0 saturated heterocycles. The highest BCUT2D eigenvalue weighted by atomic mass is 35.5. The Labute approximate surface area is 185 Å². The Kier molecular flexibility index (Phi) is 5.51. The van der Waals surface area contributed by atoms with Crippen molar-refractivity contribution in [1.82, 2.24) is 14.9 Å². The number of nitrogens with two attached hydrogens (primary N) is 1. The molecule has 1 aromatic heterocycles. The number of nitrogens with one attached hydrogen (secondary N) is 3. The topological polar surface area (TPSA) is 126 Å². The van der Waals surface area contributed by atoms with Gasteiger partial charge in [-0.2, -0.15) is 0 Å². The SMILES string of the molecule is CC1(C)CC(C(=O)NCc2ccc(C(=N)N)cc2)n2c1c(Cl)nc(NC1CCC1)c2=O. The Hall–Kier alpha value is -2.87. The number of halogens is 1. The van der Waals surface area contributed by atoms with Crippen LogP contribution in [-0.2, 0) is 16.8 Å². The number of hydrogen-bond acceptors (Lipinski definition) is 5. The second-order valence-corrected chi connectivity index (χ2v) is 9.34. The lowest BCUT2D eigenvalue weighted by Gasteiger charge is -2.27. The second-order valence-electron chi connectivity index (χ2n) is 8.98. The van der Waals surface area contributed by atoms with Crippen LogP contribution >= 0.6 is 11.6 Å². The number of nitrogens with zero attached hydrogens (tertiary/aromatic N) is 2. The quantitative estimate of drug-likeness (QED) is 0.404. The molecule has 2 aliphatic rings. The Morgan fingerprint density at radius 2 is 2.00 bits per heavy atom. The molecule has 2 heterocycles. The first-order chi connectivity index (χ1) is 14.7. The molecule has 1 aliphatic carbocycles. The van der Waals surface area contributed by atoms with Crippen LogP contribution in [0.4, 0.5) is 5.82 Å². The van der Waals surface area contributed by atoms with Gasteiger partial charge in [0, 0.05) is 23.6 Å². The average Bonchev–Trinajstić information content (AvgIpc) is 2.98. The zero-order chi connectivity index (χ0) is 22.3. The van der Waals surface area contributed by atoms with Gasteiger partial charge < -0.3 is 16.4 Å². The van der Waals surface area contributed by atoms with E-state index in [1.165, 1.54) is 4.57 Å². The molecule has 2 aromatic rings. The van der Waals surface area contributed by atoms with Crippen LogP contribution in [0.3, 0.4) is 0 Å². The van der Waals surface area contributed by atoms with Gasteiger partial charge in [-0.25, -0.2) is 4.98 Å². The molecule has 1 unspecified atom stereocenters. The molecule has 1 amide bonds. The number of amides is 1. The van der Waals surface area contributed by atoms with E-state index in [0.717, 1.165) is 24.8 Å². The van der Waals surface area contributed by atoms with Crippen molar-refractivity contribution in [3.63, 3.8) is 0 Å². The third kappa shape index (κ3) is 4.04. The van der Waals surface area contributed by atoms with Gasteiger partial charge in [0.05, 0.1) is 5.69 Å². The first-order valence-electron chi connectivity index (χ1n) is 10.5. The number of carbonyl (C=O) groups excluding carboxylic acids is 1.